The Morgan fingerprint density at radius 3 is 2.29 bits per heavy atom. The van der Waals surface area contributed by atoms with Gasteiger partial charge in [-0.1, -0.05) is 24.3 Å². The van der Waals surface area contributed by atoms with Crippen molar-refractivity contribution in [3.05, 3.63) is 24.3 Å². The lowest BCUT2D eigenvalue weighted by molar-refractivity contribution is -0.149. The Labute approximate surface area is 102 Å². The van der Waals surface area contributed by atoms with Crippen molar-refractivity contribution in [2.75, 3.05) is 13.2 Å². The zero-order valence-corrected chi connectivity index (χ0v) is 10.7. The van der Waals surface area contributed by atoms with Crippen LogP contribution in [-0.4, -0.2) is 37.5 Å². The van der Waals surface area contributed by atoms with Crippen molar-refractivity contribution in [1.82, 2.24) is 0 Å². The van der Waals surface area contributed by atoms with Crippen LogP contribution in [0.4, 0.5) is 0 Å². The second kappa shape index (κ2) is 5.98. The van der Waals surface area contributed by atoms with Gasteiger partial charge in [0.05, 0.1) is 13.2 Å². The van der Waals surface area contributed by atoms with Crippen molar-refractivity contribution in [2.24, 2.45) is 0 Å². The first-order valence-corrected chi connectivity index (χ1v) is 5.64. The highest BCUT2D eigenvalue weighted by atomic mass is 16.6. The highest BCUT2D eigenvalue weighted by molar-refractivity contribution is 5.78. The SMILES string of the molecule is C=C(C)COC1C(C)OC(=O)[C@@H]1OCC(=C)C. The summed E-state index contributed by atoms with van der Waals surface area (Å²) in [6.07, 6.45) is -1.34. The Kier molecular flexibility index (Phi) is 4.90. The quantitative estimate of drug-likeness (QED) is 0.525. The number of esters is 1. The largest absolute Gasteiger partial charge is 0.458 e. The minimum absolute atomic E-state index is 0.294. The number of cyclic esters (lactones) is 1. The normalized spacial score (nSPS) is 27.9. The first-order valence-electron chi connectivity index (χ1n) is 5.64. The molecule has 0 aliphatic carbocycles. The number of hydrogen-bond acceptors (Lipinski definition) is 4. The lowest BCUT2D eigenvalue weighted by Crippen LogP contribution is -2.36. The summed E-state index contributed by atoms with van der Waals surface area (Å²) in [6.45, 7) is 13.7. The van der Waals surface area contributed by atoms with Crippen LogP contribution in [0.1, 0.15) is 20.8 Å². The molecule has 1 aliphatic rings. The van der Waals surface area contributed by atoms with E-state index in [1.807, 2.05) is 13.8 Å². The minimum Gasteiger partial charge on any atom is -0.458 e. The fraction of sp³-hybridized carbons (Fsp3) is 0.615. The van der Waals surface area contributed by atoms with Gasteiger partial charge in [0.2, 0.25) is 0 Å². The molecule has 96 valence electrons. The van der Waals surface area contributed by atoms with E-state index in [-0.39, 0.29) is 18.2 Å². The van der Waals surface area contributed by atoms with Crippen LogP contribution in [0.3, 0.4) is 0 Å². The molecule has 1 fully saturated rings. The van der Waals surface area contributed by atoms with Crippen LogP contribution >= 0.6 is 0 Å². The van der Waals surface area contributed by atoms with Crippen LogP contribution in [-0.2, 0) is 19.0 Å². The van der Waals surface area contributed by atoms with E-state index in [1.54, 1.807) is 6.92 Å². The van der Waals surface area contributed by atoms with Crippen molar-refractivity contribution >= 4 is 5.97 Å². The predicted octanol–water partition coefficient (Wildman–Crippen LogP) is 1.85. The molecule has 4 heteroatoms. The first kappa shape index (κ1) is 13.9. The molecular weight excluding hydrogens is 220 g/mol. The predicted molar refractivity (Wildman–Crippen MR) is 64.7 cm³/mol. The van der Waals surface area contributed by atoms with E-state index in [0.29, 0.717) is 13.2 Å². The van der Waals surface area contributed by atoms with Crippen LogP contribution in [0.25, 0.3) is 0 Å². The van der Waals surface area contributed by atoms with Gasteiger partial charge in [-0.25, -0.2) is 4.79 Å². The van der Waals surface area contributed by atoms with Crippen LogP contribution < -0.4 is 0 Å². The highest BCUT2D eigenvalue weighted by Crippen LogP contribution is 2.22. The third-order valence-electron chi connectivity index (χ3n) is 2.33. The maximum Gasteiger partial charge on any atom is 0.338 e. The molecule has 17 heavy (non-hydrogen) atoms. The summed E-state index contributed by atoms with van der Waals surface area (Å²) in [5.41, 5.74) is 1.76. The molecule has 0 spiro atoms. The molecule has 0 amide bonds. The monoisotopic (exact) mass is 240 g/mol. The van der Waals surface area contributed by atoms with Crippen molar-refractivity contribution in [3.8, 4) is 0 Å². The van der Waals surface area contributed by atoms with Gasteiger partial charge in [0.15, 0.2) is 6.10 Å². The van der Waals surface area contributed by atoms with Gasteiger partial charge in [-0.15, -0.1) is 0 Å². The van der Waals surface area contributed by atoms with E-state index < -0.39 is 6.10 Å². The molecule has 0 aromatic heterocycles. The van der Waals surface area contributed by atoms with Gasteiger partial charge in [0.25, 0.3) is 0 Å². The van der Waals surface area contributed by atoms with Crippen LogP contribution in [0.5, 0.6) is 0 Å². The fourth-order valence-corrected chi connectivity index (χ4v) is 1.55. The number of hydrogen-bond donors (Lipinski definition) is 0. The van der Waals surface area contributed by atoms with E-state index in [4.69, 9.17) is 14.2 Å². The highest BCUT2D eigenvalue weighted by Gasteiger charge is 2.44. The average Bonchev–Trinajstić information content (AvgIpc) is 2.47. The maximum atomic E-state index is 11.6. The summed E-state index contributed by atoms with van der Waals surface area (Å²) in [7, 11) is 0. The summed E-state index contributed by atoms with van der Waals surface area (Å²) in [5.74, 6) is -0.370. The Bertz CT molecular complexity index is 321. The van der Waals surface area contributed by atoms with Crippen LogP contribution in [0, 0.1) is 0 Å². The number of ether oxygens (including phenoxy) is 3. The molecule has 2 unspecified atom stereocenters. The number of carbonyl (C=O) groups excluding carboxylic acids is 1. The maximum absolute atomic E-state index is 11.6. The zero-order chi connectivity index (χ0) is 13.0. The molecule has 0 radical (unpaired) electrons. The fourth-order valence-electron chi connectivity index (χ4n) is 1.55. The second-order valence-corrected chi connectivity index (χ2v) is 4.56. The molecule has 0 aromatic carbocycles. The van der Waals surface area contributed by atoms with Crippen LogP contribution in [0.2, 0.25) is 0 Å². The van der Waals surface area contributed by atoms with Gasteiger partial charge in [-0.3, -0.25) is 0 Å². The molecule has 0 N–H and O–H groups in total. The van der Waals surface area contributed by atoms with Gasteiger partial charge in [0, 0.05) is 0 Å². The molecule has 4 nitrogen and oxygen atoms in total. The van der Waals surface area contributed by atoms with Crippen molar-refractivity contribution < 1.29 is 19.0 Å². The topological polar surface area (TPSA) is 44.8 Å². The second-order valence-electron chi connectivity index (χ2n) is 4.56. The molecule has 0 saturated carbocycles. The minimum atomic E-state index is -0.666. The molecule has 1 rings (SSSR count). The third-order valence-corrected chi connectivity index (χ3v) is 2.33. The Morgan fingerprint density at radius 1 is 1.24 bits per heavy atom. The summed E-state index contributed by atoms with van der Waals surface area (Å²) in [4.78, 5) is 11.6. The van der Waals surface area contributed by atoms with E-state index >= 15 is 0 Å². The van der Waals surface area contributed by atoms with Gasteiger partial charge in [0.1, 0.15) is 12.2 Å². The number of carbonyl (C=O) groups is 1. The van der Waals surface area contributed by atoms with Gasteiger partial charge in [-0.2, -0.15) is 0 Å². The van der Waals surface area contributed by atoms with E-state index in [2.05, 4.69) is 13.2 Å². The third kappa shape index (κ3) is 3.98. The molecule has 0 bridgehead atoms. The van der Waals surface area contributed by atoms with Crippen LogP contribution in [0.15, 0.2) is 24.3 Å². The summed E-state index contributed by atoms with van der Waals surface area (Å²) in [6, 6.07) is 0. The average molecular weight is 240 g/mol. The van der Waals surface area contributed by atoms with Gasteiger partial charge >= 0.3 is 5.97 Å². The molecular formula is C13H20O4. The van der Waals surface area contributed by atoms with E-state index in [1.165, 1.54) is 0 Å². The number of rotatable bonds is 6. The van der Waals surface area contributed by atoms with Crippen molar-refractivity contribution in [1.29, 1.82) is 0 Å². The zero-order valence-electron chi connectivity index (χ0n) is 10.7. The van der Waals surface area contributed by atoms with Gasteiger partial charge in [-0.05, 0) is 20.8 Å². The van der Waals surface area contributed by atoms with Gasteiger partial charge < -0.3 is 14.2 Å². The van der Waals surface area contributed by atoms with Crippen molar-refractivity contribution in [2.45, 2.75) is 39.1 Å². The van der Waals surface area contributed by atoms with E-state index in [0.717, 1.165) is 11.1 Å². The molecule has 0 aromatic rings. The summed E-state index contributed by atoms with van der Waals surface area (Å²) < 4.78 is 16.2. The van der Waals surface area contributed by atoms with Crippen molar-refractivity contribution in [3.63, 3.8) is 0 Å². The molecule has 3 atom stereocenters. The Morgan fingerprint density at radius 2 is 1.76 bits per heavy atom. The molecule has 1 saturated heterocycles. The molecule has 1 aliphatic heterocycles. The smallest absolute Gasteiger partial charge is 0.338 e. The lowest BCUT2D eigenvalue weighted by atomic mass is 10.1. The first-order chi connectivity index (χ1) is 7.91. The Balaban J connectivity index is 2.59. The Hall–Kier alpha value is -1.13. The standard InChI is InChI=1S/C13H20O4/c1-8(2)6-15-11-10(5)17-13(14)12(11)16-7-9(3)4/h10-12H,1,3,6-7H2,2,4-5H3/t10?,11?,12-/m1/s1. The summed E-state index contributed by atoms with van der Waals surface area (Å²) in [5, 5.41) is 0. The summed E-state index contributed by atoms with van der Waals surface area (Å²) >= 11 is 0. The lowest BCUT2D eigenvalue weighted by Gasteiger charge is -2.19. The molecule has 1 heterocycles. The van der Waals surface area contributed by atoms with E-state index in [9.17, 15) is 4.79 Å².